The van der Waals surface area contributed by atoms with Crippen molar-refractivity contribution in [3.8, 4) is 0 Å². The van der Waals surface area contributed by atoms with Gasteiger partial charge in [-0.15, -0.1) is 0 Å². The SMILES string of the molecule is CC1C/C(=N/NC(N)=O)C(C(C)C)C1. The Balaban J connectivity index is 2.66. The van der Waals surface area contributed by atoms with Crippen molar-refractivity contribution in [2.45, 2.75) is 33.6 Å². The van der Waals surface area contributed by atoms with Crippen LogP contribution in [0.2, 0.25) is 0 Å². The van der Waals surface area contributed by atoms with E-state index in [2.05, 4.69) is 31.3 Å². The minimum Gasteiger partial charge on any atom is -0.350 e. The van der Waals surface area contributed by atoms with Gasteiger partial charge in [0.05, 0.1) is 0 Å². The summed E-state index contributed by atoms with van der Waals surface area (Å²) in [6.45, 7) is 6.58. The third-order valence-corrected chi connectivity index (χ3v) is 2.76. The highest BCUT2D eigenvalue weighted by atomic mass is 16.2. The molecule has 2 amide bonds. The molecule has 80 valence electrons. The predicted molar refractivity (Wildman–Crippen MR) is 56.9 cm³/mol. The highest BCUT2D eigenvalue weighted by Crippen LogP contribution is 2.33. The molecule has 4 heteroatoms. The molecule has 3 N–H and O–H groups in total. The van der Waals surface area contributed by atoms with E-state index in [4.69, 9.17) is 5.73 Å². The lowest BCUT2D eigenvalue weighted by Gasteiger charge is -2.14. The van der Waals surface area contributed by atoms with Gasteiger partial charge in [0.2, 0.25) is 0 Å². The summed E-state index contributed by atoms with van der Waals surface area (Å²) >= 11 is 0. The van der Waals surface area contributed by atoms with E-state index < -0.39 is 6.03 Å². The van der Waals surface area contributed by atoms with Crippen LogP contribution < -0.4 is 11.2 Å². The van der Waals surface area contributed by atoms with Crippen LogP contribution in [-0.2, 0) is 0 Å². The number of hydrogen-bond donors (Lipinski definition) is 2. The largest absolute Gasteiger partial charge is 0.350 e. The second kappa shape index (κ2) is 4.44. The molecule has 1 aliphatic rings. The van der Waals surface area contributed by atoms with Crippen LogP contribution in [-0.4, -0.2) is 11.7 Å². The van der Waals surface area contributed by atoms with E-state index in [0.717, 1.165) is 18.6 Å². The van der Waals surface area contributed by atoms with Crippen LogP contribution in [0.15, 0.2) is 5.10 Å². The lowest BCUT2D eigenvalue weighted by molar-refractivity contribution is 0.249. The summed E-state index contributed by atoms with van der Waals surface area (Å²) < 4.78 is 0. The Morgan fingerprint density at radius 2 is 2.29 bits per heavy atom. The Bertz CT molecular complexity index is 248. The third kappa shape index (κ3) is 2.72. The predicted octanol–water partition coefficient (Wildman–Crippen LogP) is 1.71. The maximum atomic E-state index is 10.5. The molecule has 0 heterocycles. The van der Waals surface area contributed by atoms with Crippen LogP contribution in [0.4, 0.5) is 4.79 Å². The quantitative estimate of drug-likeness (QED) is 0.650. The van der Waals surface area contributed by atoms with Gasteiger partial charge in [-0.1, -0.05) is 20.8 Å². The second-order valence-electron chi connectivity index (χ2n) is 4.47. The van der Waals surface area contributed by atoms with Crippen molar-refractivity contribution in [2.75, 3.05) is 0 Å². The van der Waals surface area contributed by atoms with E-state index in [1.807, 2.05) is 0 Å². The molecule has 4 nitrogen and oxygen atoms in total. The zero-order valence-electron chi connectivity index (χ0n) is 9.08. The van der Waals surface area contributed by atoms with Crippen molar-refractivity contribution in [2.24, 2.45) is 28.6 Å². The van der Waals surface area contributed by atoms with E-state index in [9.17, 15) is 4.79 Å². The summed E-state index contributed by atoms with van der Waals surface area (Å²) in [4.78, 5) is 10.5. The molecule has 14 heavy (non-hydrogen) atoms. The van der Waals surface area contributed by atoms with Crippen molar-refractivity contribution in [1.29, 1.82) is 0 Å². The maximum Gasteiger partial charge on any atom is 0.332 e. The molecule has 0 aromatic heterocycles. The Kier molecular flexibility index (Phi) is 3.49. The topological polar surface area (TPSA) is 67.5 Å². The fourth-order valence-electron chi connectivity index (χ4n) is 2.07. The number of carbonyl (C=O) groups excluding carboxylic acids is 1. The van der Waals surface area contributed by atoms with Crippen molar-refractivity contribution in [1.82, 2.24) is 5.43 Å². The summed E-state index contributed by atoms with van der Waals surface area (Å²) in [7, 11) is 0. The van der Waals surface area contributed by atoms with Gasteiger partial charge >= 0.3 is 6.03 Å². The molecule has 1 aliphatic carbocycles. The van der Waals surface area contributed by atoms with Crippen LogP contribution in [0.3, 0.4) is 0 Å². The van der Waals surface area contributed by atoms with Gasteiger partial charge in [0.15, 0.2) is 0 Å². The number of hydrazone groups is 1. The van der Waals surface area contributed by atoms with Gasteiger partial charge in [0.1, 0.15) is 0 Å². The third-order valence-electron chi connectivity index (χ3n) is 2.76. The summed E-state index contributed by atoms with van der Waals surface area (Å²) in [5.74, 6) is 1.74. The molecule has 2 unspecified atom stereocenters. The van der Waals surface area contributed by atoms with E-state index in [1.54, 1.807) is 0 Å². The molecular weight excluding hydrogens is 178 g/mol. The highest BCUT2D eigenvalue weighted by molar-refractivity contribution is 5.90. The fraction of sp³-hybridized carbons (Fsp3) is 0.800. The lowest BCUT2D eigenvalue weighted by Crippen LogP contribution is -2.27. The summed E-state index contributed by atoms with van der Waals surface area (Å²) in [6, 6.07) is -0.584. The fourth-order valence-corrected chi connectivity index (χ4v) is 2.07. The minimum atomic E-state index is -0.584. The Hall–Kier alpha value is -1.06. The number of nitrogens with two attached hydrogens (primary N) is 1. The number of amides is 2. The maximum absolute atomic E-state index is 10.5. The van der Waals surface area contributed by atoms with Gasteiger partial charge in [0, 0.05) is 11.6 Å². The highest BCUT2D eigenvalue weighted by Gasteiger charge is 2.30. The van der Waals surface area contributed by atoms with E-state index in [1.165, 1.54) is 0 Å². The monoisotopic (exact) mass is 197 g/mol. The second-order valence-corrected chi connectivity index (χ2v) is 4.47. The number of nitrogens with one attached hydrogen (secondary N) is 1. The zero-order valence-corrected chi connectivity index (χ0v) is 9.08. The molecule has 0 spiro atoms. The molecule has 2 atom stereocenters. The van der Waals surface area contributed by atoms with Crippen molar-refractivity contribution in [3.05, 3.63) is 0 Å². The number of primary amides is 1. The van der Waals surface area contributed by atoms with E-state index >= 15 is 0 Å². The van der Waals surface area contributed by atoms with Crippen LogP contribution in [0.25, 0.3) is 0 Å². The van der Waals surface area contributed by atoms with Crippen LogP contribution in [0.1, 0.15) is 33.6 Å². The number of urea groups is 1. The Morgan fingerprint density at radius 3 is 2.79 bits per heavy atom. The van der Waals surface area contributed by atoms with Gasteiger partial charge in [-0.25, -0.2) is 10.2 Å². The van der Waals surface area contributed by atoms with Gasteiger partial charge in [0.25, 0.3) is 0 Å². The molecule has 0 bridgehead atoms. The van der Waals surface area contributed by atoms with E-state index in [-0.39, 0.29) is 0 Å². The van der Waals surface area contributed by atoms with Gasteiger partial charge < -0.3 is 5.73 Å². The minimum absolute atomic E-state index is 0.497. The average Bonchev–Trinajstić information content (AvgIpc) is 2.43. The Morgan fingerprint density at radius 1 is 1.64 bits per heavy atom. The first-order valence-corrected chi connectivity index (χ1v) is 5.12. The summed E-state index contributed by atoms with van der Waals surface area (Å²) in [6.07, 6.45) is 2.14. The van der Waals surface area contributed by atoms with E-state index in [0.29, 0.717) is 17.8 Å². The summed E-state index contributed by atoms with van der Waals surface area (Å²) in [5, 5.41) is 4.07. The van der Waals surface area contributed by atoms with Gasteiger partial charge in [-0.05, 0) is 24.7 Å². The molecule has 0 aromatic rings. The molecule has 0 radical (unpaired) electrons. The van der Waals surface area contributed by atoms with Gasteiger partial charge in [-0.2, -0.15) is 5.10 Å². The molecule has 1 rings (SSSR count). The van der Waals surface area contributed by atoms with Gasteiger partial charge in [-0.3, -0.25) is 0 Å². The van der Waals surface area contributed by atoms with Crippen molar-refractivity contribution < 1.29 is 4.79 Å². The first-order chi connectivity index (χ1) is 6.50. The van der Waals surface area contributed by atoms with Crippen LogP contribution >= 0.6 is 0 Å². The van der Waals surface area contributed by atoms with Crippen LogP contribution in [0.5, 0.6) is 0 Å². The first-order valence-electron chi connectivity index (χ1n) is 5.12. The number of hydrogen-bond acceptors (Lipinski definition) is 2. The summed E-state index contributed by atoms with van der Waals surface area (Å²) in [5.41, 5.74) is 8.38. The molecule has 0 aliphatic heterocycles. The molecule has 0 aromatic carbocycles. The first kappa shape index (κ1) is 11.0. The normalized spacial score (nSPS) is 29.9. The van der Waals surface area contributed by atoms with Crippen molar-refractivity contribution >= 4 is 11.7 Å². The number of carbonyl (C=O) groups is 1. The standard InChI is InChI=1S/C10H19N3O/c1-6(2)8-4-7(3)5-9(8)12-13-10(11)14/h6-8H,4-5H2,1-3H3,(H3,11,13,14)/b12-9-. The molecular formula is C10H19N3O. The Labute approximate surface area is 84.9 Å². The number of nitrogens with zero attached hydrogens (tertiary/aromatic N) is 1. The average molecular weight is 197 g/mol. The molecule has 1 saturated carbocycles. The smallest absolute Gasteiger partial charge is 0.332 e. The van der Waals surface area contributed by atoms with Crippen molar-refractivity contribution in [3.63, 3.8) is 0 Å². The van der Waals surface area contributed by atoms with Crippen LogP contribution in [0, 0.1) is 17.8 Å². The zero-order chi connectivity index (χ0) is 10.7. The number of rotatable bonds is 2. The lowest BCUT2D eigenvalue weighted by atomic mass is 9.92. The molecule has 1 fully saturated rings. The molecule has 0 saturated heterocycles.